The molecule has 1 aromatic carbocycles. The van der Waals surface area contributed by atoms with Crippen LogP contribution in [-0.4, -0.2) is 26.4 Å². The lowest BCUT2D eigenvalue weighted by molar-refractivity contribution is 0.339. The third-order valence-corrected chi connectivity index (χ3v) is 4.84. The lowest BCUT2D eigenvalue weighted by Gasteiger charge is -2.16. The van der Waals surface area contributed by atoms with Crippen LogP contribution in [0.3, 0.4) is 0 Å². The Kier molecular flexibility index (Phi) is 4.85. The third-order valence-electron chi connectivity index (χ3n) is 3.04. The molecule has 0 spiro atoms. The fourth-order valence-electron chi connectivity index (χ4n) is 1.93. The first-order chi connectivity index (χ1) is 10.5. The molecule has 0 aliphatic rings. The van der Waals surface area contributed by atoms with Gasteiger partial charge in [0.2, 0.25) is 10.0 Å². The number of ether oxygens (including phenoxy) is 1. The van der Waals surface area contributed by atoms with E-state index in [0.29, 0.717) is 18.1 Å². The van der Waals surface area contributed by atoms with Gasteiger partial charge in [-0.1, -0.05) is 0 Å². The van der Waals surface area contributed by atoms with Crippen molar-refractivity contribution >= 4 is 10.0 Å². The number of nitrogens with zero attached hydrogens (tertiary/aromatic N) is 2. The lowest BCUT2D eigenvalue weighted by Crippen LogP contribution is -2.26. The quantitative estimate of drug-likeness (QED) is 0.816. The molecule has 0 fully saturated rings. The molecular weight excluding hydrogens is 304 g/mol. The van der Waals surface area contributed by atoms with Gasteiger partial charge in [-0.15, -0.1) is 0 Å². The van der Waals surface area contributed by atoms with Crippen LogP contribution in [0.4, 0.5) is 0 Å². The van der Waals surface area contributed by atoms with Gasteiger partial charge in [0.25, 0.3) is 0 Å². The number of benzene rings is 1. The molecule has 0 unspecified atom stereocenters. The Labute approximate surface area is 129 Å². The second-order valence-corrected chi connectivity index (χ2v) is 6.59. The Bertz CT molecular complexity index is 776. The maximum Gasteiger partial charge on any atom is 0.243 e. The minimum atomic E-state index is -3.71. The van der Waals surface area contributed by atoms with E-state index in [1.165, 1.54) is 35.8 Å². The number of rotatable bonds is 6. The molecule has 0 N–H and O–H groups in total. The highest BCUT2D eigenvalue weighted by Gasteiger charge is 2.23. The molecule has 1 heterocycles. The van der Waals surface area contributed by atoms with Crippen molar-refractivity contribution in [2.24, 2.45) is 0 Å². The molecule has 22 heavy (non-hydrogen) atoms. The van der Waals surface area contributed by atoms with E-state index in [1.54, 1.807) is 19.1 Å². The van der Waals surface area contributed by atoms with E-state index in [1.807, 2.05) is 6.07 Å². The minimum absolute atomic E-state index is 0.0431. The molecule has 7 heteroatoms. The van der Waals surface area contributed by atoms with Crippen molar-refractivity contribution in [1.82, 2.24) is 4.31 Å². The van der Waals surface area contributed by atoms with Gasteiger partial charge in [0.15, 0.2) is 0 Å². The molecule has 116 valence electrons. The molecule has 0 atom stereocenters. The minimum Gasteiger partial charge on any atom is -0.492 e. The van der Waals surface area contributed by atoms with Crippen LogP contribution in [0, 0.1) is 11.3 Å². The highest BCUT2D eigenvalue weighted by molar-refractivity contribution is 7.89. The van der Waals surface area contributed by atoms with E-state index in [2.05, 4.69) is 0 Å². The van der Waals surface area contributed by atoms with Crippen molar-refractivity contribution in [1.29, 1.82) is 5.26 Å². The number of nitriles is 1. The van der Waals surface area contributed by atoms with Gasteiger partial charge in [0, 0.05) is 7.05 Å². The van der Waals surface area contributed by atoms with E-state index in [-0.39, 0.29) is 17.0 Å². The highest BCUT2D eigenvalue weighted by Crippen LogP contribution is 2.24. The summed E-state index contributed by atoms with van der Waals surface area (Å²) >= 11 is 0. The fourth-order valence-corrected chi connectivity index (χ4v) is 3.09. The van der Waals surface area contributed by atoms with Crippen molar-refractivity contribution in [3.63, 3.8) is 0 Å². The van der Waals surface area contributed by atoms with Crippen LogP contribution in [0.5, 0.6) is 5.75 Å². The summed E-state index contributed by atoms with van der Waals surface area (Å²) in [6.45, 7) is 2.31. The van der Waals surface area contributed by atoms with E-state index in [9.17, 15) is 8.42 Å². The maximum atomic E-state index is 12.5. The number of hydrogen-bond acceptors (Lipinski definition) is 5. The van der Waals surface area contributed by atoms with Crippen LogP contribution >= 0.6 is 0 Å². The summed E-state index contributed by atoms with van der Waals surface area (Å²) in [7, 11) is -2.25. The number of sulfonamides is 1. The summed E-state index contributed by atoms with van der Waals surface area (Å²) in [6, 6.07) is 9.59. The molecule has 0 radical (unpaired) electrons. The van der Waals surface area contributed by atoms with Crippen molar-refractivity contribution in [2.75, 3.05) is 13.7 Å². The van der Waals surface area contributed by atoms with Gasteiger partial charge in [-0.05, 0) is 37.3 Å². The molecule has 6 nitrogen and oxygen atoms in total. The maximum absolute atomic E-state index is 12.5. The topological polar surface area (TPSA) is 83.5 Å². The molecule has 2 aromatic rings. The van der Waals surface area contributed by atoms with Gasteiger partial charge in [-0.2, -0.15) is 9.57 Å². The van der Waals surface area contributed by atoms with Crippen molar-refractivity contribution in [3.05, 3.63) is 47.9 Å². The van der Waals surface area contributed by atoms with Crippen molar-refractivity contribution in [3.8, 4) is 11.8 Å². The molecule has 2 rings (SSSR count). The van der Waals surface area contributed by atoms with Gasteiger partial charge < -0.3 is 9.15 Å². The zero-order valence-electron chi connectivity index (χ0n) is 12.3. The molecule has 1 aromatic heterocycles. The smallest absolute Gasteiger partial charge is 0.243 e. The standard InChI is InChI=1S/C15H16N2O4S/c1-3-20-15-7-6-14(9-12(15)10-16)22(18,19)17(2)11-13-5-4-8-21-13/h4-9H,3,11H2,1-2H3. The summed E-state index contributed by atoms with van der Waals surface area (Å²) in [5, 5.41) is 9.13. The first kappa shape index (κ1) is 16.1. The zero-order chi connectivity index (χ0) is 16.2. The van der Waals surface area contributed by atoms with Crippen LogP contribution in [0.25, 0.3) is 0 Å². The van der Waals surface area contributed by atoms with E-state index < -0.39 is 10.0 Å². The van der Waals surface area contributed by atoms with Gasteiger partial charge >= 0.3 is 0 Å². The van der Waals surface area contributed by atoms with Crippen LogP contribution in [-0.2, 0) is 16.6 Å². The normalized spacial score (nSPS) is 11.4. The lowest BCUT2D eigenvalue weighted by atomic mass is 10.2. The largest absolute Gasteiger partial charge is 0.492 e. The van der Waals surface area contributed by atoms with Crippen molar-refractivity contribution < 1.29 is 17.6 Å². The summed E-state index contributed by atoms with van der Waals surface area (Å²) < 4.78 is 36.7. The molecule has 0 bridgehead atoms. The van der Waals surface area contributed by atoms with Gasteiger partial charge in [-0.3, -0.25) is 0 Å². The predicted octanol–water partition coefficient (Wildman–Crippen LogP) is 2.37. The predicted molar refractivity (Wildman–Crippen MR) is 79.7 cm³/mol. The average molecular weight is 320 g/mol. The summed E-state index contributed by atoms with van der Waals surface area (Å²) in [5.41, 5.74) is 0.189. The number of furan rings is 1. The Morgan fingerprint density at radius 2 is 2.14 bits per heavy atom. The molecule has 0 amide bonds. The van der Waals surface area contributed by atoms with E-state index >= 15 is 0 Å². The Morgan fingerprint density at radius 1 is 1.36 bits per heavy atom. The van der Waals surface area contributed by atoms with Crippen LogP contribution in [0.2, 0.25) is 0 Å². The van der Waals surface area contributed by atoms with Gasteiger partial charge in [0.1, 0.15) is 17.6 Å². The SMILES string of the molecule is CCOc1ccc(S(=O)(=O)N(C)Cc2ccco2)cc1C#N. The molecule has 0 saturated heterocycles. The first-order valence-corrected chi connectivity index (χ1v) is 8.08. The second-order valence-electron chi connectivity index (χ2n) is 4.54. The summed E-state index contributed by atoms with van der Waals surface area (Å²) in [5.74, 6) is 0.912. The zero-order valence-corrected chi connectivity index (χ0v) is 13.1. The van der Waals surface area contributed by atoms with E-state index in [4.69, 9.17) is 14.4 Å². The average Bonchev–Trinajstić information content (AvgIpc) is 3.00. The van der Waals surface area contributed by atoms with Gasteiger partial charge in [0.05, 0.1) is 29.9 Å². The molecule has 0 aliphatic carbocycles. The summed E-state index contributed by atoms with van der Waals surface area (Å²) in [4.78, 5) is 0.0431. The monoisotopic (exact) mass is 320 g/mol. The van der Waals surface area contributed by atoms with Crippen LogP contribution < -0.4 is 4.74 Å². The van der Waals surface area contributed by atoms with Crippen LogP contribution in [0.15, 0.2) is 45.9 Å². The summed E-state index contributed by atoms with van der Waals surface area (Å²) in [6.07, 6.45) is 1.49. The molecule has 0 saturated carbocycles. The Balaban J connectivity index is 2.31. The molecular formula is C15H16N2O4S. The highest BCUT2D eigenvalue weighted by atomic mass is 32.2. The third kappa shape index (κ3) is 3.30. The first-order valence-electron chi connectivity index (χ1n) is 6.64. The fraction of sp³-hybridized carbons (Fsp3) is 0.267. The number of hydrogen-bond donors (Lipinski definition) is 0. The Hall–Kier alpha value is -2.30. The molecule has 0 aliphatic heterocycles. The van der Waals surface area contributed by atoms with Crippen molar-refractivity contribution in [2.45, 2.75) is 18.4 Å². The second kappa shape index (κ2) is 6.64. The van der Waals surface area contributed by atoms with E-state index in [0.717, 1.165) is 0 Å². The van der Waals surface area contributed by atoms with Crippen LogP contribution in [0.1, 0.15) is 18.2 Å². The Morgan fingerprint density at radius 3 is 2.73 bits per heavy atom. The van der Waals surface area contributed by atoms with Gasteiger partial charge in [-0.25, -0.2) is 8.42 Å².